The molecule has 2 aromatic carbocycles. The van der Waals surface area contributed by atoms with Crippen molar-refractivity contribution in [3.63, 3.8) is 0 Å². The van der Waals surface area contributed by atoms with Gasteiger partial charge in [-0.2, -0.15) is 0 Å². The van der Waals surface area contributed by atoms with Crippen molar-refractivity contribution < 1.29 is 21.3 Å². The Morgan fingerprint density at radius 2 is 1.76 bits per heavy atom. The summed E-state index contributed by atoms with van der Waals surface area (Å²) in [6.07, 6.45) is 2.55. The molecule has 2 N–H and O–H groups in total. The molecule has 29 heavy (non-hydrogen) atoms. The van der Waals surface area contributed by atoms with Gasteiger partial charge in [-0.25, -0.2) is 27.0 Å². The van der Waals surface area contributed by atoms with E-state index >= 15 is 0 Å². The largest absolute Gasteiger partial charge is 0.440 e. The second-order valence-electron chi connectivity index (χ2n) is 7.23. The van der Waals surface area contributed by atoms with Gasteiger partial charge in [0.05, 0.1) is 15.5 Å². The van der Waals surface area contributed by atoms with Crippen molar-refractivity contribution in [1.29, 1.82) is 0 Å². The van der Waals surface area contributed by atoms with E-state index in [0.717, 1.165) is 36.3 Å². The van der Waals surface area contributed by atoms with Crippen LogP contribution in [0.2, 0.25) is 0 Å². The SMILES string of the molecule is CS(=O)(=O)c1cc(S(N)(=O)=O)ccc1N1CCC(c2nc3ccccc3o2)CC1. The topological polar surface area (TPSA) is 124 Å². The van der Waals surface area contributed by atoms with Crippen molar-refractivity contribution in [3.8, 4) is 0 Å². The molecular formula is C19H21N3O5S2. The van der Waals surface area contributed by atoms with Gasteiger partial charge in [-0.1, -0.05) is 12.1 Å². The number of hydrogen-bond donors (Lipinski definition) is 1. The molecule has 8 nitrogen and oxygen atoms in total. The molecule has 0 amide bonds. The predicted molar refractivity (Wildman–Crippen MR) is 109 cm³/mol. The predicted octanol–water partition coefficient (Wildman–Crippen LogP) is 2.26. The minimum absolute atomic E-state index is 0.0377. The minimum atomic E-state index is -3.99. The van der Waals surface area contributed by atoms with Gasteiger partial charge in [0.2, 0.25) is 10.0 Å². The molecule has 3 aromatic rings. The highest BCUT2D eigenvalue weighted by molar-refractivity contribution is 7.91. The Morgan fingerprint density at radius 3 is 2.38 bits per heavy atom. The van der Waals surface area contributed by atoms with Gasteiger partial charge < -0.3 is 9.32 Å². The van der Waals surface area contributed by atoms with E-state index in [9.17, 15) is 16.8 Å². The molecule has 1 fully saturated rings. The van der Waals surface area contributed by atoms with E-state index in [1.54, 1.807) is 0 Å². The fraction of sp³-hybridized carbons (Fsp3) is 0.316. The van der Waals surface area contributed by atoms with Crippen LogP contribution >= 0.6 is 0 Å². The van der Waals surface area contributed by atoms with Gasteiger partial charge in [0.15, 0.2) is 21.3 Å². The van der Waals surface area contributed by atoms with Crippen LogP contribution in [0.5, 0.6) is 0 Å². The summed E-state index contributed by atoms with van der Waals surface area (Å²) in [6, 6.07) is 11.6. The van der Waals surface area contributed by atoms with E-state index < -0.39 is 19.9 Å². The number of benzene rings is 2. The Hall–Kier alpha value is -2.43. The molecular weight excluding hydrogens is 414 g/mol. The molecule has 2 heterocycles. The fourth-order valence-electron chi connectivity index (χ4n) is 3.66. The molecule has 1 saturated heterocycles. The summed E-state index contributed by atoms with van der Waals surface area (Å²) in [5.41, 5.74) is 2.06. The molecule has 4 rings (SSSR count). The van der Waals surface area contributed by atoms with E-state index in [-0.39, 0.29) is 15.7 Å². The first-order valence-electron chi connectivity index (χ1n) is 9.10. The van der Waals surface area contributed by atoms with Crippen LogP contribution in [0, 0.1) is 0 Å². The van der Waals surface area contributed by atoms with Gasteiger partial charge in [0.25, 0.3) is 0 Å². The van der Waals surface area contributed by atoms with Gasteiger partial charge in [-0.15, -0.1) is 0 Å². The Balaban J connectivity index is 1.59. The Bertz CT molecular complexity index is 1240. The quantitative estimate of drug-likeness (QED) is 0.666. The number of para-hydroxylation sites is 2. The lowest BCUT2D eigenvalue weighted by Crippen LogP contribution is -2.34. The molecule has 0 unspecified atom stereocenters. The van der Waals surface area contributed by atoms with E-state index in [1.807, 2.05) is 29.2 Å². The average molecular weight is 436 g/mol. The summed E-state index contributed by atoms with van der Waals surface area (Å²) in [5.74, 6) is 0.836. The molecule has 0 aliphatic carbocycles. The summed E-state index contributed by atoms with van der Waals surface area (Å²) >= 11 is 0. The summed E-state index contributed by atoms with van der Waals surface area (Å²) in [6.45, 7) is 1.20. The average Bonchev–Trinajstić information content (AvgIpc) is 3.10. The lowest BCUT2D eigenvalue weighted by atomic mass is 9.96. The third kappa shape index (κ3) is 4.00. The summed E-state index contributed by atoms with van der Waals surface area (Å²) < 4.78 is 53.7. The van der Waals surface area contributed by atoms with Crippen LogP contribution in [0.15, 0.2) is 56.7 Å². The van der Waals surface area contributed by atoms with Crippen molar-refractivity contribution in [1.82, 2.24) is 4.98 Å². The van der Waals surface area contributed by atoms with E-state index in [1.165, 1.54) is 12.1 Å². The first-order valence-corrected chi connectivity index (χ1v) is 12.5. The molecule has 0 bridgehead atoms. The first-order chi connectivity index (χ1) is 13.6. The molecule has 10 heteroatoms. The van der Waals surface area contributed by atoms with Crippen molar-refractivity contribution in [2.24, 2.45) is 5.14 Å². The number of fused-ring (bicyclic) bond motifs is 1. The molecule has 0 spiro atoms. The van der Waals surface area contributed by atoms with Gasteiger partial charge in [-0.05, 0) is 43.2 Å². The van der Waals surface area contributed by atoms with Crippen molar-refractivity contribution in [2.45, 2.75) is 28.6 Å². The normalized spacial score (nSPS) is 16.4. The molecule has 0 atom stereocenters. The standard InChI is InChI=1S/C19H21N3O5S2/c1-28(23,24)18-12-14(29(20,25)26)6-7-16(18)22-10-8-13(9-11-22)19-21-15-4-2-3-5-17(15)27-19/h2-7,12-13H,8-11H2,1H3,(H2,20,25,26). The van der Waals surface area contributed by atoms with Crippen LogP contribution in [-0.4, -0.2) is 41.2 Å². The number of anilines is 1. The number of nitrogens with two attached hydrogens (primary N) is 1. The number of oxazole rings is 1. The maximum Gasteiger partial charge on any atom is 0.238 e. The molecule has 0 radical (unpaired) electrons. The van der Waals surface area contributed by atoms with Crippen LogP contribution in [-0.2, 0) is 19.9 Å². The number of sulfonamides is 1. The highest BCUT2D eigenvalue weighted by Gasteiger charge is 2.28. The number of aromatic nitrogens is 1. The van der Waals surface area contributed by atoms with Gasteiger partial charge in [0.1, 0.15) is 5.52 Å². The van der Waals surface area contributed by atoms with Gasteiger partial charge in [0, 0.05) is 25.3 Å². The second-order valence-corrected chi connectivity index (χ2v) is 10.8. The Morgan fingerprint density at radius 1 is 1.07 bits per heavy atom. The fourth-order valence-corrected chi connectivity index (χ4v) is 5.19. The van der Waals surface area contributed by atoms with E-state index in [0.29, 0.717) is 24.7 Å². The maximum absolute atomic E-state index is 12.3. The number of hydrogen-bond acceptors (Lipinski definition) is 7. The van der Waals surface area contributed by atoms with E-state index in [2.05, 4.69) is 4.98 Å². The van der Waals surface area contributed by atoms with Crippen LogP contribution in [0.4, 0.5) is 5.69 Å². The van der Waals surface area contributed by atoms with Gasteiger partial charge >= 0.3 is 0 Å². The number of primary sulfonamides is 1. The van der Waals surface area contributed by atoms with Crippen molar-refractivity contribution in [2.75, 3.05) is 24.2 Å². The highest BCUT2D eigenvalue weighted by atomic mass is 32.2. The zero-order chi connectivity index (χ0) is 20.8. The molecule has 1 aromatic heterocycles. The molecule has 154 valence electrons. The molecule has 1 aliphatic heterocycles. The summed E-state index contributed by atoms with van der Waals surface area (Å²) in [7, 11) is -7.64. The Kier molecular flexibility index (Phi) is 4.88. The monoisotopic (exact) mass is 435 g/mol. The number of piperidine rings is 1. The molecule has 0 saturated carbocycles. The second kappa shape index (κ2) is 7.12. The zero-order valence-electron chi connectivity index (χ0n) is 15.8. The van der Waals surface area contributed by atoms with Gasteiger partial charge in [-0.3, -0.25) is 0 Å². The summed E-state index contributed by atoms with van der Waals surface area (Å²) in [4.78, 5) is 6.26. The number of rotatable bonds is 4. The van der Waals surface area contributed by atoms with Crippen molar-refractivity contribution >= 4 is 36.6 Å². The lowest BCUT2D eigenvalue weighted by Gasteiger charge is -2.33. The smallest absolute Gasteiger partial charge is 0.238 e. The maximum atomic E-state index is 12.3. The van der Waals surface area contributed by atoms with E-state index in [4.69, 9.17) is 9.56 Å². The number of sulfone groups is 1. The van der Waals surface area contributed by atoms with Crippen molar-refractivity contribution in [3.05, 3.63) is 48.4 Å². The highest BCUT2D eigenvalue weighted by Crippen LogP contribution is 2.35. The Labute approximate surface area is 169 Å². The first kappa shape index (κ1) is 19.9. The third-order valence-electron chi connectivity index (χ3n) is 5.15. The van der Waals surface area contributed by atoms with Crippen LogP contribution in [0.25, 0.3) is 11.1 Å². The zero-order valence-corrected chi connectivity index (χ0v) is 17.4. The third-order valence-corrected chi connectivity index (χ3v) is 7.19. The minimum Gasteiger partial charge on any atom is -0.440 e. The van der Waals surface area contributed by atoms with Crippen LogP contribution in [0.1, 0.15) is 24.7 Å². The molecule has 1 aliphatic rings. The lowest BCUT2D eigenvalue weighted by molar-refractivity contribution is 0.407. The van der Waals surface area contributed by atoms with Crippen LogP contribution in [0.3, 0.4) is 0 Å². The number of nitrogens with zero attached hydrogens (tertiary/aromatic N) is 2. The summed E-state index contributed by atoms with van der Waals surface area (Å²) in [5, 5.41) is 5.16. The van der Waals surface area contributed by atoms with Crippen LogP contribution < -0.4 is 10.0 Å².